The molecule has 0 aromatic heterocycles. The van der Waals surface area contributed by atoms with E-state index in [9.17, 15) is 0 Å². The zero-order valence-electron chi connectivity index (χ0n) is 10.4. The highest BCUT2D eigenvalue weighted by Gasteiger charge is 2.18. The van der Waals surface area contributed by atoms with Crippen LogP contribution in [0.15, 0.2) is 24.3 Å². The summed E-state index contributed by atoms with van der Waals surface area (Å²) in [4.78, 5) is 0. The van der Waals surface area contributed by atoms with Crippen molar-refractivity contribution in [2.45, 2.75) is 45.4 Å². The van der Waals surface area contributed by atoms with Gasteiger partial charge in [0, 0.05) is 0 Å². The molecule has 0 nitrogen and oxygen atoms in total. The molecule has 0 spiro atoms. The molecule has 0 bridgehead atoms. The average Bonchev–Trinajstić information content (AvgIpc) is 2.17. The summed E-state index contributed by atoms with van der Waals surface area (Å²) in [5.41, 5.74) is 2.59. The Kier molecular flexibility index (Phi) is 2.95. The smallest absolute Gasteiger partial charge is 0.0504 e. The van der Waals surface area contributed by atoms with Crippen LogP contribution in [0.5, 0.6) is 0 Å². The molecule has 1 aromatic rings. The van der Waals surface area contributed by atoms with Crippen molar-refractivity contribution in [3.63, 3.8) is 0 Å². The van der Waals surface area contributed by atoms with Gasteiger partial charge in [0.1, 0.15) is 0 Å². The van der Waals surface area contributed by atoms with Gasteiger partial charge in [-0.15, -0.1) is 6.42 Å². The number of rotatable bonds is 1. The van der Waals surface area contributed by atoms with Gasteiger partial charge in [-0.05, 0) is 30.4 Å². The van der Waals surface area contributed by atoms with E-state index in [0.717, 1.165) is 0 Å². The van der Waals surface area contributed by atoms with Crippen LogP contribution in [0.4, 0.5) is 0 Å². The molecule has 80 valence electrons. The van der Waals surface area contributed by atoms with Gasteiger partial charge in [-0.1, -0.05) is 51.0 Å². The third-order valence-corrected chi connectivity index (χ3v) is 2.83. The molecule has 0 fully saturated rings. The van der Waals surface area contributed by atoms with Crippen molar-refractivity contribution in [1.29, 1.82) is 0 Å². The molecule has 1 rings (SSSR count). The number of hydrogen-bond donors (Lipinski definition) is 0. The third-order valence-electron chi connectivity index (χ3n) is 2.83. The summed E-state index contributed by atoms with van der Waals surface area (Å²) in [7, 11) is 0. The Labute approximate surface area is 93.7 Å². The van der Waals surface area contributed by atoms with E-state index in [1.165, 1.54) is 11.1 Å². The number of hydrogen-bond acceptors (Lipinski definition) is 0. The molecular weight excluding hydrogens is 180 g/mol. The molecule has 0 unspecified atom stereocenters. The Hall–Kier alpha value is -1.22. The van der Waals surface area contributed by atoms with Crippen molar-refractivity contribution in [1.82, 2.24) is 0 Å². The highest BCUT2D eigenvalue weighted by molar-refractivity contribution is 5.35. The topological polar surface area (TPSA) is 0 Å². The lowest BCUT2D eigenvalue weighted by atomic mass is 9.82. The van der Waals surface area contributed by atoms with Crippen molar-refractivity contribution in [2.75, 3.05) is 0 Å². The minimum atomic E-state index is -0.170. The molecule has 0 saturated heterocycles. The second-order valence-electron chi connectivity index (χ2n) is 5.60. The predicted octanol–water partition coefficient (Wildman–Crippen LogP) is 3.89. The van der Waals surface area contributed by atoms with Crippen molar-refractivity contribution in [2.24, 2.45) is 0 Å². The minimum Gasteiger partial charge on any atom is -0.119 e. The fourth-order valence-corrected chi connectivity index (χ4v) is 1.47. The SMILES string of the molecule is C#CC(C)(C)c1ccc(C(C)(C)C)cc1. The summed E-state index contributed by atoms with van der Waals surface area (Å²) in [5.74, 6) is 2.82. The third kappa shape index (κ3) is 2.63. The van der Waals surface area contributed by atoms with Crippen molar-refractivity contribution in [3.05, 3.63) is 35.4 Å². The van der Waals surface area contributed by atoms with Crippen LogP contribution in [0, 0.1) is 12.3 Å². The van der Waals surface area contributed by atoms with Crippen molar-refractivity contribution < 1.29 is 0 Å². The van der Waals surface area contributed by atoms with E-state index in [4.69, 9.17) is 6.42 Å². The summed E-state index contributed by atoms with van der Waals surface area (Å²) in [6.45, 7) is 10.8. The van der Waals surface area contributed by atoms with Gasteiger partial charge in [-0.25, -0.2) is 0 Å². The Morgan fingerprint density at radius 1 is 0.867 bits per heavy atom. The number of benzene rings is 1. The molecular formula is C15H20. The zero-order valence-corrected chi connectivity index (χ0v) is 10.4. The molecule has 0 atom stereocenters. The Morgan fingerprint density at radius 3 is 1.60 bits per heavy atom. The maximum absolute atomic E-state index is 5.51. The summed E-state index contributed by atoms with van der Waals surface area (Å²) >= 11 is 0. The minimum absolute atomic E-state index is 0.170. The molecule has 15 heavy (non-hydrogen) atoms. The molecule has 0 radical (unpaired) electrons. The second kappa shape index (κ2) is 3.74. The summed E-state index contributed by atoms with van der Waals surface area (Å²) in [5, 5.41) is 0. The first kappa shape index (κ1) is 11.9. The Morgan fingerprint density at radius 2 is 1.27 bits per heavy atom. The van der Waals surface area contributed by atoms with Crippen LogP contribution in [0.1, 0.15) is 45.7 Å². The largest absolute Gasteiger partial charge is 0.119 e. The van der Waals surface area contributed by atoms with E-state index in [-0.39, 0.29) is 10.8 Å². The fourth-order valence-electron chi connectivity index (χ4n) is 1.47. The summed E-state index contributed by atoms with van der Waals surface area (Å²) < 4.78 is 0. The van der Waals surface area contributed by atoms with Crippen LogP contribution in [-0.4, -0.2) is 0 Å². The monoisotopic (exact) mass is 200 g/mol. The molecule has 0 N–H and O–H groups in total. The van der Waals surface area contributed by atoms with Crippen LogP contribution in [-0.2, 0) is 10.8 Å². The lowest BCUT2D eigenvalue weighted by Crippen LogP contribution is -2.15. The van der Waals surface area contributed by atoms with Gasteiger partial charge < -0.3 is 0 Å². The first-order chi connectivity index (χ1) is 6.77. The average molecular weight is 200 g/mol. The molecule has 0 heterocycles. The Bertz CT molecular complexity index is 366. The fraction of sp³-hybridized carbons (Fsp3) is 0.467. The zero-order chi connectivity index (χ0) is 11.7. The quantitative estimate of drug-likeness (QED) is 0.603. The Balaban J connectivity index is 3.08. The van der Waals surface area contributed by atoms with Gasteiger partial charge in [0.25, 0.3) is 0 Å². The highest BCUT2D eigenvalue weighted by Crippen LogP contribution is 2.26. The van der Waals surface area contributed by atoms with E-state index < -0.39 is 0 Å². The van der Waals surface area contributed by atoms with Crippen LogP contribution in [0.2, 0.25) is 0 Å². The van der Waals surface area contributed by atoms with E-state index >= 15 is 0 Å². The molecule has 1 aromatic carbocycles. The van der Waals surface area contributed by atoms with Gasteiger partial charge in [-0.2, -0.15) is 0 Å². The van der Waals surface area contributed by atoms with E-state index in [0.29, 0.717) is 0 Å². The maximum Gasteiger partial charge on any atom is 0.0504 e. The summed E-state index contributed by atoms with van der Waals surface area (Å²) in [6, 6.07) is 8.63. The van der Waals surface area contributed by atoms with Crippen LogP contribution in [0.25, 0.3) is 0 Å². The van der Waals surface area contributed by atoms with E-state index in [2.05, 4.69) is 64.8 Å². The van der Waals surface area contributed by atoms with Crippen LogP contribution < -0.4 is 0 Å². The van der Waals surface area contributed by atoms with Crippen molar-refractivity contribution >= 4 is 0 Å². The van der Waals surface area contributed by atoms with Crippen LogP contribution in [0.3, 0.4) is 0 Å². The van der Waals surface area contributed by atoms with Gasteiger partial charge in [-0.3, -0.25) is 0 Å². The van der Waals surface area contributed by atoms with Gasteiger partial charge >= 0.3 is 0 Å². The van der Waals surface area contributed by atoms with E-state index in [1.807, 2.05) is 0 Å². The first-order valence-electron chi connectivity index (χ1n) is 5.36. The normalized spacial score (nSPS) is 12.3. The molecule has 0 aliphatic carbocycles. The second-order valence-corrected chi connectivity index (χ2v) is 5.60. The predicted molar refractivity (Wildman–Crippen MR) is 67.0 cm³/mol. The maximum atomic E-state index is 5.51. The number of terminal acetylenes is 1. The van der Waals surface area contributed by atoms with Gasteiger partial charge in [0.05, 0.1) is 5.41 Å². The van der Waals surface area contributed by atoms with Crippen LogP contribution >= 0.6 is 0 Å². The molecule has 0 heteroatoms. The highest BCUT2D eigenvalue weighted by atomic mass is 14.2. The van der Waals surface area contributed by atoms with Crippen molar-refractivity contribution in [3.8, 4) is 12.3 Å². The standard InChI is InChI=1S/C15H20/c1-7-15(5,6)13-10-8-12(9-11-13)14(2,3)4/h1,8-11H,2-6H3. The molecule has 0 saturated carbocycles. The molecule has 0 amide bonds. The van der Waals surface area contributed by atoms with Gasteiger partial charge in [0.2, 0.25) is 0 Å². The van der Waals surface area contributed by atoms with E-state index in [1.54, 1.807) is 0 Å². The molecule has 0 aliphatic rings. The lowest BCUT2D eigenvalue weighted by molar-refractivity contribution is 0.588. The lowest BCUT2D eigenvalue weighted by Gasteiger charge is -2.22. The first-order valence-corrected chi connectivity index (χ1v) is 5.36. The molecule has 0 aliphatic heterocycles. The van der Waals surface area contributed by atoms with Gasteiger partial charge in [0.15, 0.2) is 0 Å². The summed E-state index contributed by atoms with van der Waals surface area (Å²) in [6.07, 6.45) is 5.51.